The molecular weight excluding hydrogens is 504 g/mol. The van der Waals surface area contributed by atoms with Gasteiger partial charge in [0, 0.05) is 25.3 Å². The van der Waals surface area contributed by atoms with Gasteiger partial charge in [-0.1, -0.05) is 44.2 Å². The van der Waals surface area contributed by atoms with Crippen molar-refractivity contribution in [2.45, 2.75) is 43.7 Å². The summed E-state index contributed by atoms with van der Waals surface area (Å²) in [6.45, 7) is 3.25. The van der Waals surface area contributed by atoms with Crippen LogP contribution in [0.25, 0.3) is 0 Å². The lowest BCUT2D eigenvalue weighted by atomic mass is 10.00. The average molecular weight is 541 g/mol. The number of amides is 1. The van der Waals surface area contributed by atoms with Gasteiger partial charge in [0.1, 0.15) is 15.6 Å². The molecule has 2 N–H and O–H groups in total. The Labute approximate surface area is 214 Å². The maximum Gasteiger partial charge on any atom is 0.243 e. The van der Waals surface area contributed by atoms with Crippen molar-refractivity contribution in [1.82, 2.24) is 9.62 Å². The Balaban J connectivity index is 2.29. The number of aliphatic hydroxyl groups is 1. The topological polar surface area (TPSA) is 130 Å². The van der Waals surface area contributed by atoms with Gasteiger partial charge in [-0.05, 0) is 42.7 Å². The van der Waals surface area contributed by atoms with E-state index in [-0.39, 0.29) is 30.2 Å². The molecule has 1 amide bonds. The first-order valence-electron chi connectivity index (χ1n) is 11.7. The van der Waals surface area contributed by atoms with Crippen LogP contribution in [0.1, 0.15) is 25.8 Å². The molecule has 0 radical (unpaired) electrons. The molecular formula is C25H36N2O7S2. The van der Waals surface area contributed by atoms with Crippen LogP contribution >= 0.6 is 0 Å². The highest BCUT2D eigenvalue weighted by atomic mass is 32.2. The molecule has 200 valence electrons. The van der Waals surface area contributed by atoms with E-state index in [4.69, 9.17) is 4.74 Å². The second kappa shape index (κ2) is 13.2. The van der Waals surface area contributed by atoms with Crippen LogP contribution in [0.2, 0.25) is 0 Å². The Morgan fingerprint density at radius 2 is 1.67 bits per heavy atom. The van der Waals surface area contributed by atoms with E-state index in [0.29, 0.717) is 12.2 Å². The lowest BCUT2D eigenvalue weighted by molar-refractivity contribution is -0.125. The third-order valence-electron chi connectivity index (χ3n) is 5.65. The Bertz CT molecular complexity index is 1180. The van der Waals surface area contributed by atoms with Gasteiger partial charge in [-0.15, -0.1) is 0 Å². The van der Waals surface area contributed by atoms with Crippen molar-refractivity contribution in [3.8, 4) is 5.75 Å². The number of carbonyl (C=O) groups is 1. The van der Waals surface area contributed by atoms with Gasteiger partial charge in [0.2, 0.25) is 15.9 Å². The molecule has 0 bridgehead atoms. The van der Waals surface area contributed by atoms with Crippen molar-refractivity contribution in [1.29, 1.82) is 0 Å². The van der Waals surface area contributed by atoms with Crippen LogP contribution in [0.15, 0.2) is 59.5 Å². The number of sulfone groups is 1. The minimum absolute atomic E-state index is 0.0642. The van der Waals surface area contributed by atoms with E-state index in [1.54, 1.807) is 12.1 Å². The first-order chi connectivity index (χ1) is 16.9. The molecule has 0 saturated carbocycles. The van der Waals surface area contributed by atoms with Crippen molar-refractivity contribution in [2.75, 3.05) is 32.2 Å². The fraction of sp³-hybridized carbons (Fsp3) is 0.480. The number of benzene rings is 2. The minimum Gasteiger partial charge on any atom is -0.497 e. The van der Waals surface area contributed by atoms with Crippen LogP contribution in [0.4, 0.5) is 0 Å². The first kappa shape index (κ1) is 29.8. The van der Waals surface area contributed by atoms with E-state index in [2.05, 4.69) is 5.32 Å². The highest BCUT2D eigenvalue weighted by molar-refractivity contribution is 7.90. The van der Waals surface area contributed by atoms with Crippen molar-refractivity contribution in [2.24, 2.45) is 5.92 Å². The third-order valence-corrected chi connectivity index (χ3v) is 8.64. The van der Waals surface area contributed by atoms with Gasteiger partial charge >= 0.3 is 0 Å². The first-order valence-corrected chi connectivity index (χ1v) is 15.2. The normalized spacial score (nSPS) is 14.7. The Morgan fingerprint density at radius 3 is 2.19 bits per heavy atom. The minimum atomic E-state index is -3.93. The maximum absolute atomic E-state index is 13.3. The standard InChI is InChI=1S/C25H36N2O7S2/c1-5-15-27(36(32,33)22-13-11-21(34-3)12-14-22)17-24(28)23(16-20-9-7-6-8-10-20)26-25(29)19(2)18-35(4,30)31/h6-14,19,23-24,28H,5,15-18H2,1-4H3,(H,26,29). The van der Waals surface area contributed by atoms with E-state index in [1.807, 2.05) is 37.3 Å². The summed E-state index contributed by atoms with van der Waals surface area (Å²) in [5.41, 5.74) is 0.831. The molecule has 0 fully saturated rings. The van der Waals surface area contributed by atoms with E-state index < -0.39 is 43.8 Å². The van der Waals surface area contributed by atoms with Crippen LogP contribution in [-0.4, -0.2) is 76.5 Å². The van der Waals surface area contributed by atoms with Gasteiger partial charge in [0.25, 0.3) is 0 Å². The molecule has 2 aromatic rings. The molecule has 0 aromatic heterocycles. The predicted octanol–water partition coefficient (Wildman–Crippen LogP) is 1.87. The summed E-state index contributed by atoms with van der Waals surface area (Å²) < 4.78 is 56.3. The Kier molecular flexibility index (Phi) is 10.9. The summed E-state index contributed by atoms with van der Waals surface area (Å²) >= 11 is 0. The fourth-order valence-corrected chi connectivity index (χ4v) is 6.41. The molecule has 0 aliphatic heterocycles. The summed E-state index contributed by atoms with van der Waals surface area (Å²) in [4.78, 5) is 12.8. The number of rotatable bonds is 14. The number of ether oxygens (including phenoxy) is 1. The van der Waals surface area contributed by atoms with Crippen molar-refractivity contribution in [3.63, 3.8) is 0 Å². The molecule has 0 heterocycles. The Morgan fingerprint density at radius 1 is 1.06 bits per heavy atom. The average Bonchev–Trinajstić information content (AvgIpc) is 2.82. The molecule has 9 nitrogen and oxygen atoms in total. The lowest BCUT2D eigenvalue weighted by Gasteiger charge is -2.30. The second-order valence-corrected chi connectivity index (χ2v) is 13.0. The number of nitrogens with one attached hydrogen (secondary N) is 1. The summed E-state index contributed by atoms with van der Waals surface area (Å²) in [6, 6.07) is 14.3. The predicted molar refractivity (Wildman–Crippen MR) is 139 cm³/mol. The maximum atomic E-state index is 13.3. The fourth-order valence-electron chi connectivity index (χ4n) is 3.80. The van der Waals surface area contributed by atoms with Gasteiger partial charge in [-0.3, -0.25) is 4.79 Å². The molecule has 3 atom stereocenters. The lowest BCUT2D eigenvalue weighted by Crippen LogP contribution is -2.52. The number of nitrogens with zero attached hydrogens (tertiary/aromatic N) is 1. The SMILES string of the molecule is CCCN(CC(O)C(Cc1ccccc1)NC(=O)C(C)CS(C)(=O)=O)S(=O)(=O)c1ccc(OC)cc1. The van der Waals surface area contributed by atoms with Gasteiger partial charge in [0.15, 0.2) is 0 Å². The number of methoxy groups -OCH3 is 1. The number of aliphatic hydroxyl groups excluding tert-OH is 1. The molecule has 0 saturated heterocycles. The van der Waals surface area contributed by atoms with Crippen LogP contribution < -0.4 is 10.1 Å². The van der Waals surface area contributed by atoms with Gasteiger partial charge < -0.3 is 15.2 Å². The smallest absolute Gasteiger partial charge is 0.243 e. The highest BCUT2D eigenvalue weighted by Crippen LogP contribution is 2.21. The number of hydrogen-bond donors (Lipinski definition) is 2. The third kappa shape index (κ3) is 8.88. The molecule has 0 aliphatic rings. The van der Waals surface area contributed by atoms with Gasteiger partial charge in [0.05, 0.1) is 29.9 Å². The van der Waals surface area contributed by atoms with Crippen LogP contribution in [-0.2, 0) is 31.1 Å². The zero-order valence-electron chi connectivity index (χ0n) is 21.1. The number of carbonyl (C=O) groups excluding carboxylic acids is 1. The van der Waals surface area contributed by atoms with Crippen molar-refractivity contribution >= 4 is 25.8 Å². The number of hydrogen-bond acceptors (Lipinski definition) is 7. The molecule has 11 heteroatoms. The van der Waals surface area contributed by atoms with Crippen LogP contribution in [0.5, 0.6) is 5.75 Å². The Hall–Kier alpha value is -2.47. The molecule has 0 aliphatic carbocycles. The van der Waals surface area contributed by atoms with Gasteiger partial charge in [-0.25, -0.2) is 16.8 Å². The molecule has 0 spiro atoms. The second-order valence-electron chi connectivity index (χ2n) is 8.90. The molecule has 3 unspecified atom stereocenters. The molecule has 2 rings (SSSR count). The van der Waals surface area contributed by atoms with E-state index >= 15 is 0 Å². The van der Waals surface area contributed by atoms with E-state index in [0.717, 1.165) is 11.8 Å². The van der Waals surface area contributed by atoms with Crippen molar-refractivity contribution in [3.05, 3.63) is 60.2 Å². The monoisotopic (exact) mass is 540 g/mol. The summed E-state index contributed by atoms with van der Waals surface area (Å²) in [5.74, 6) is -1.17. The van der Waals surface area contributed by atoms with E-state index in [1.165, 1.54) is 30.5 Å². The summed E-state index contributed by atoms with van der Waals surface area (Å²) in [6.07, 6.45) is 0.560. The van der Waals surface area contributed by atoms with Gasteiger partial charge in [-0.2, -0.15) is 4.31 Å². The summed E-state index contributed by atoms with van der Waals surface area (Å²) in [7, 11) is -5.83. The molecule has 36 heavy (non-hydrogen) atoms. The van der Waals surface area contributed by atoms with E-state index in [9.17, 15) is 26.7 Å². The zero-order valence-corrected chi connectivity index (χ0v) is 22.8. The van der Waals surface area contributed by atoms with Crippen molar-refractivity contribution < 1.29 is 31.5 Å². The highest BCUT2D eigenvalue weighted by Gasteiger charge is 2.31. The number of sulfonamides is 1. The zero-order chi connectivity index (χ0) is 26.9. The quantitative estimate of drug-likeness (QED) is 0.374. The largest absolute Gasteiger partial charge is 0.497 e. The summed E-state index contributed by atoms with van der Waals surface area (Å²) in [5, 5.41) is 13.9. The van der Waals surface area contributed by atoms with Crippen LogP contribution in [0, 0.1) is 5.92 Å². The van der Waals surface area contributed by atoms with Crippen LogP contribution in [0.3, 0.4) is 0 Å². The molecule has 2 aromatic carbocycles.